The van der Waals surface area contributed by atoms with E-state index in [1.54, 1.807) is 7.11 Å². The summed E-state index contributed by atoms with van der Waals surface area (Å²) in [6, 6.07) is 64.2. The number of methoxy groups -OCH3 is 1. The summed E-state index contributed by atoms with van der Waals surface area (Å²) in [6.07, 6.45) is -8.68. The topological polar surface area (TPSA) is 102 Å². The number of fused-ring (bicyclic) bond motifs is 2. The summed E-state index contributed by atoms with van der Waals surface area (Å²) >= 11 is 0. The normalized spacial score (nSPS) is 26.0. The molecule has 0 N–H and O–H groups in total. The maximum Gasteiger partial charge on any atom is 0.187 e. The molecule has 0 spiro atoms. The number of hydrogen-bond donors (Lipinski definition) is 0. The molecule has 1 unspecified atom stereocenters. The summed E-state index contributed by atoms with van der Waals surface area (Å²) in [5, 5.41) is 2.16. The van der Waals surface area contributed by atoms with E-state index in [9.17, 15) is 0 Å². The molecular formula is C61H60O11. The molecule has 7 aromatic carbocycles. The van der Waals surface area contributed by atoms with E-state index in [-0.39, 0.29) is 39.6 Å². The third-order valence-electron chi connectivity index (χ3n) is 13.1. The fourth-order valence-electron chi connectivity index (χ4n) is 9.46. The smallest absolute Gasteiger partial charge is 0.187 e. The fraction of sp³-hybridized carbons (Fsp3) is 0.311. The molecule has 72 heavy (non-hydrogen) atoms. The molecule has 0 saturated carbocycles. The number of benzene rings is 7. The maximum atomic E-state index is 7.40. The quantitative estimate of drug-likeness (QED) is 0.0724. The lowest BCUT2D eigenvalue weighted by Gasteiger charge is -2.51. The lowest BCUT2D eigenvalue weighted by molar-refractivity contribution is -0.395. The molecule has 3 fully saturated rings. The molecule has 11 nitrogen and oxygen atoms in total. The number of hydrogen-bond acceptors (Lipinski definition) is 11. The van der Waals surface area contributed by atoms with Crippen molar-refractivity contribution in [2.45, 2.75) is 94.1 Å². The summed E-state index contributed by atoms with van der Waals surface area (Å²) in [6.45, 7) is 1.44. The molecule has 370 valence electrons. The molecule has 3 aliphatic rings. The van der Waals surface area contributed by atoms with Gasteiger partial charge in [0.2, 0.25) is 0 Å². The first-order valence-corrected chi connectivity index (χ1v) is 24.6. The van der Waals surface area contributed by atoms with Crippen molar-refractivity contribution >= 4 is 10.8 Å². The SMILES string of the molecule is CO[C@H]1O[C@H](COCc2ccccc2)[C@@H](O[C@@H]2O[C@@H]3COC(c4ccccc4)O[C@H]3[C@H](OCc3ccccc3)[C@@H]2OCC#Cc2cccc3ccccc23)[C@H](OCc2ccccc2)[C@H]1OCc1ccccc1. The van der Waals surface area contributed by atoms with Crippen LogP contribution in [0.2, 0.25) is 0 Å². The molecular weight excluding hydrogens is 909 g/mol. The van der Waals surface area contributed by atoms with E-state index in [1.165, 1.54) is 0 Å². The average Bonchev–Trinajstić information content (AvgIpc) is 3.44. The lowest BCUT2D eigenvalue weighted by atomic mass is 9.95. The van der Waals surface area contributed by atoms with Crippen molar-refractivity contribution in [2.75, 3.05) is 26.9 Å². The Kier molecular flexibility index (Phi) is 17.2. The van der Waals surface area contributed by atoms with E-state index in [0.717, 1.165) is 44.2 Å². The average molecular weight is 969 g/mol. The van der Waals surface area contributed by atoms with Crippen LogP contribution in [0.3, 0.4) is 0 Å². The van der Waals surface area contributed by atoms with Crippen molar-refractivity contribution in [3.8, 4) is 11.8 Å². The molecule has 7 aromatic rings. The van der Waals surface area contributed by atoms with Crippen LogP contribution in [0.5, 0.6) is 0 Å². The van der Waals surface area contributed by atoms with Crippen molar-refractivity contribution in [2.24, 2.45) is 0 Å². The molecule has 11 heteroatoms. The lowest BCUT2D eigenvalue weighted by Crippen LogP contribution is -2.67. The van der Waals surface area contributed by atoms with Gasteiger partial charge in [0.15, 0.2) is 18.9 Å². The highest BCUT2D eigenvalue weighted by Gasteiger charge is 2.56. The van der Waals surface area contributed by atoms with E-state index in [4.69, 9.17) is 52.1 Å². The number of ether oxygens (including phenoxy) is 11. The molecule has 10 rings (SSSR count). The van der Waals surface area contributed by atoms with E-state index in [0.29, 0.717) is 6.61 Å². The van der Waals surface area contributed by atoms with Gasteiger partial charge in [-0.05, 0) is 39.1 Å². The molecule has 0 aliphatic carbocycles. The molecule has 0 bridgehead atoms. The molecule has 3 heterocycles. The highest BCUT2D eigenvalue weighted by molar-refractivity contribution is 5.88. The Labute approximate surface area is 421 Å². The van der Waals surface area contributed by atoms with Crippen LogP contribution in [-0.4, -0.2) is 88.3 Å². The fourth-order valence-corrected chi connectivity index (χ4v) is 9.46. The van der Waals surface area contributed by atoms with Crippen molar-refractivity contribution < 1.29 is 52.1 Å². The van der Waals surface area contributed by atoms with Gasteiger partial charge in [-0.15, -0.1) is 0 Å². The summed E-state index contributed by atoms with van der Waals surface area (Å²) in [4.78, 5) is 0. The Hall–Kier alpha value is -6.08. The van der Waals surface area contributed by atoms with E-state index in [1.807, 2.05) is 176 Å². The van der Waals surface area contributed by atoms with E-state index < -0.39 is 67.7 Å². The Bertz CT molecular complexity index is 2770. The minimum Gasteiger partial charge on any atom is -0.374 e. The second-order valence-corrected chi connectivity index (χ2v) is 18.0. The van der Waals surface area contributed by atoms with Crippen molar-refractivity contribution in [1.82, 2.24) is 0 Å². The van der Waals surface area contributed by atoms with Crippen LogP contribution in [0.4, 0.5) is 0 Å². The Morgan fingerprint density at radius 3 is 1.67 bits per heavy atom. The van der Waals surface area contributed by atoms with Gasteiger partial charge in [-0.1, -0.05) is 200 Å². The van der Waals surface area contributed by atoms with Crippen LogP contribution in [0.1, 0.15) is 39.7 Å². The van der Waals surface area contributed by atoms with Crippen LogP contribution >= 0.6 is 0 Å². The van der Waals surface area contributed by atoms with Crippen LogP contribution in [0.15, 0.2) is 194 Å². The minimum absolute atomic E-state index is 0.0194. The van der Waals surface area contributed by atoms with Crippen LogP contribution in [0, 0.1) is 11.8 Å². The first kappa shape index (κ1) is 49.5. The van der Waals surface area contributed by atoms with Gasteiger partial charge in [0.05, 0.1) is 39.6 Å². The highest BCUT2D eigenvalue weighted by atomic mass is 16.8. The van der Waals surface area contributed by atoms with Gasteiger partial charge in [0, 0.05) is 18.2 Å². The molecule has 3 aliphatic heterocycles. The van der Waals surface area contributed by atoms with Crippen molar-refractivity contribution in [3.63, 3.8) is 0 Å². The van der Waals surface area contributed by atoms with E-state index >= 15 is 0 Å². The third-order valence-corrected chi connectivity index (χ3v) is 13.1. The Balaban J connectivity index is 1.02. The van der Waals surface area contributed by atoms with Crippen LogP contribution < -0.4 is 0 Å². The van der Waals surface area contributed by atoms with Gasteiger partial charge in [0.1, 0.15) is 55.4 Å². The highest BCUT2D eigenvalue weighted by Crippen LogP contribution is 2.40. The zero-order valence-electron chi connectivity index (χ0n) is 40.3. The summed E-state index contributed by atoms with van der Waals surface area (Å²) < 4.78 is 74.9. The van der Waals surface area contributed by atoms with Gasteiger partial charge in [0.25, 0.3) is 0 Å². The van der Waals surface area contributed by atoms with Gasteiger partial charge in [-0.2, -0.15) is 0 Å². The second-order valence-electron chi connectivity index (χ2n) is 18.0. The van der Waals surface area contributed by atoms with Crippen LogP contribution in [-0.2, 0) is 78.5 Å². The zero-order chi connectivity index (χ0) is 48.7. The van der Waals surface area contributed by atoms with Gasteiger partial charge in [-0.25, -0.2) is 0 Å². The first-order valence-electron chi connectivity index (χ1n) is 24.6. The Morgan fingerprint density at radius 1 is 0.486 bits per heavy atom. The molecule has 0 aromatic heterocycles. The first-order chi connectivity index (χ1) is 35.7. The summed E-state index contributed by atoms with van der Waals surface area (Å²) in [5.41, 5.74) is 5.71. The van der Waals surface area contributed by atoms with Gasteiger partial charge >= 0.3 is 0 Å². The van der Waals surface area contributed by atoms with E-state index in [2.05, 4.69) is 30.0 Å². The largest absolute Gasteiger partial charge is 0.374 e. The summed E-state index contributed by atoms with van der Waals surface area (Å²) in [7, 11) is 1.61. The molecule has 11 atom stereocenters. The predicted molar refractivity (Wildman–Crippen MR) is 271 cm³/mol. The van der Waals surface area contributed by atoms with Crippen molar-refractivity contribution in [1.29, 1.82) is 0 Å². The second kappa shape index (κ2) is 25.0. The zero-order valence-corrected chi connectivity index (χ0v) is 40.3. The predicted octanol–water partition coefficient (Wildman–Crippen LogP) is 10.1. The van der Waals surface area contributed by atoms with Crippen LogP contribution in [0.25, 0.3) is 10.8 Å². The summed E-state index contributed by atoms with van der Waals surface area (Å²) in [5.74, 6) is 6.68. The minimum atomic E-state index is -1.09. The standard InChI is InChI=1S/C61H60O11/c1-62-60-57(67-40-46-27-13-5-14-28-46)55(65-38-44-23-9-3-10-24-44)53(51(69-60)41-63-37-43-21-7-2-8-22-43)72-61-58(64-36-20-34-48-33-19-32-47-29-17-18-35-50(47)48)56(66-39-45-25-11-4-12-26-45)54-52(70-61)42-68-59(71-54)49-30-15-6-16-31-49/h2-19,21-33,35,51-61H,36-42H2,1H3/t51-,52-,53-,54-,55+,56+,57-,58+,59?,60+,61+/m1/s1. The van der Waals surface area contributed by atoms with Crippen molar-refractivity contribution in [3.05, 3.63) is 228 Å². The van der Waals surface area contributed by atoms with Gasteiger partial charge < -0.3 is 52.1 Å². The number of rotatable bonds is 19. The molecule has 0 amide bonds. The Morgan fingerprint density at radius 2 is 1.03 bits per heavy atom. The third kappa shape index (κ3) is 12.6. The monoisotopic (exact) mass is 968 g/mol. The maximum absolute atomic E-state index is 7.40. The van der Waals surface area contributed by atoms with Gasteiger partial charge in [-0.3, -0.25) is 0 Å². The molecule has 0 radical (unpaired) electrons. The molecule has 3 saturated heterocycles.